The molecule has 1 saturated heterocycles. The van der Waals surface area contributed by atoms with Crippen molar-refractivity contribution in [1.82, 2.24) is 19.3 Å². The second-order valence-corrected chi connectivity index (χ2v) is 10.1. The van der Waals surface area contributed by atoms with Gasteiger partial charge in [-0.15, -0.1) is 0 Å². The number of halogens is 5. The van der Waals surface area contributed by atoms with E-state index in [9.17, 15) is 31.9 Å². The highest BCUT2D eigenvalue weighted by Gasteiger charge is 2.51. The minimum Gasteiger partial charge on any atom is -0.444 e. The summed E-state index contributed by atoms with van der Waals surface area (Å²) in [5.41, 5.74) is -3.94. The third-order valence-corrected chi connectivity index (χ3v) is 5.91. The van der Waals surface area contributed by atoms with Gasteiger partial charge in [0.2, 0.25) is 0 Å². The van der Waals surface area contributed by atoms with Crippen molar-refractivity contribution in [2.45, 2.75) is 57.3 Å². The summed E-state index contributed by atoms with van der Waals surface area (Å²) in [5, 5.41) is 12.9. The summed E-state index contributed by atoms with van der Waals surface area (Å²) in [7, 11) is 0. The van der Waals surface area contributed by atoms with E-state index in [0.717, 1.165) is 24.4 Å². The molecule has 0 aromatic carbocycles. The van der Waals surface area contributed by atoms with Gasteiger partial charge in [-0.2, -0.15) is 13.2 Å². The molecule has 1 aliphatic rings. The Morgan fingerprint density at radius 2 is 1.86 bits per heavy atom. The van der Waals surface area contributed by atoms with Gasteiger partial charge >= 0.3 is 12.3 Å². The van der Waals surface area contributed by atoms with Crippen LogP contribution in [-0.4, -0.2) is 67.5 Å². The van der Waals surface area contributed by atoms with Crippen LogP contribution in [0, 0.1) is 5.82 Å². The number of rotatable bonds is 4. The number of carbonyl (C=O) groups is 1. The fourth-order valence-electron chi connectivity index (χ4n) is 3.89. The highest BCUT2D eigenvalue weighted by Crippen LogP contribution is 2.39. The lowest BCUT2D eigenvalue weighted by Crippen LogP contribution is -2.39. The van der Waals surface area contributed by atoms with Gasteiger partial charge in [-0.05, 0) is 33.8 Å². The minimum atomic E-state index is -4.94. The van der Waals surface area contributed by atoms with Crippen LogP contribution in [0.5, 0.6) is 0 Å². The van der Waals surface area contributed by atoms with Crippen LogP contribution in [0.2, 0.25) is 0 Å². The molecular weight excluding hydrogens is 501 g/mol. The zero-order valence-electron chi connectivity index (χ0n) is 20.5. The normalized spacial score (nSPS) is 20.2. The van der Waals surface area contributed by atoms with Crippen LogP contribution < -0.4 is 5.32 Å². The van der Waals surface area contributed by atoms with Gasteiger partial charge in [0, 0.05) is 30.4 Å². The maximum Gasteiger partial charge on any atom is 0.421 e. The smallest absolute Gasteiger partial charge is 0.421 e. The van der Waals surface area contributed by atoms with Crippen molar-refractivity contribution in [3.63, 3.8) is 0 Å². The number of alkyl halides is 4. The second-order valence-electron chi connectivity index (χ2n) is 10.1. The highest BCUT2D eigenvalue weighted by atomic mass is 19.4. The van der Waals surface area contributed by atoms with Crippen molar-refractivity contribution >= 4 is 17.6 Å². The molecule has 0 bridgehead atoms. The molecule has 3 aromatic heterocycles. The molecule has 13 heteroatoms. The van der Waals surface area contributed by atoms with Gasteiger partial charge in [0.25, 0.3) is 0 Å². The average molecular weight is 527 g/mol. The van der Waals surface area contributed by atoms with E-state index in [1.165, 1.54) is 21.6 Å². The van der Waals surface area contributed by atoms with Crippen LogP contribution in [0.25, 0.3) is 17.0 Å². The number of hydrogen-bond acceptors (Lipinski definition) is 6. The maximum absolute atomic E-state index is 14.7. The first-order chi connectivity index (χ1) is 17.0. The maximum atomic E-state index is 14.7. The largest absolute Gasteiger partial charge is 0.444 e. The van der Waals surface area contributed by atoms with Crippen molar-refractivity contribution < 1.29 is 36.6 Å². The third kappa shape index (κ3) is 5.45. The average Bonchev–Trinajstić information content (AvgIpc) is 3.34. The molecule has 2 N–H and O–H groups in total. The summed E-state index contributed by atoms with van der Waals surface area (Å²) in [6, 6.07) is 3.58. The molecule has 0 spiro atoms. The van der Waals surface area contributed by atoms with Crippen LogP contribution in [0.1, 0.15) is 33.3 Å². The molecule has 4 rings (SSSR count). The molecule has 8 nitrogen and oxygen atoms in total. The lowest BCUT2D eigenvalue weighted by Gasteiger charge is -2.26. The zero-order chi connectivity index (χ0) is 27.3. The minimum absolute atomic E-state index is 0.0104. The summed E-state index contributed by atoms with van der Waals surface area (Å²) in [6.45, 7) is 5.43. The van der Waals surface area contributed by atoms with Crippen LogP contribution >= 0.6 is 0 Å². The number of ether oxygens (including phenoxy) is 1. The highest BCUT2D eigenvalue weighted by molar-refractivity contribution is 5.69. The number of imidazole rings is 1. The molecular formula is C24H26F5N5O3. The first-order valence-electron chi connectivity index (χ1n) is 11.4. The molecule has 4 heterocycles. The zero-order valence-corrected chi connectivity index (χ0v) is 20.5. The van der Waals surface area contributed by atoms with E-state index >= 15 is 0 Å². The summed E-state index contributed by atoms with van der Waals surface area (Å²) in [6.07, 6.45) is -4.75. The van der Waals surface area contributed by atoms with Crippen molar-refractivity contribution in [1.29, 1.82) is 0 Å². The van der Waals surface area contributed by atoms with Gasteiger partial charge in [0.15, 0.2) is 5.60 Å². The summed E-state index contributed by atoms with van der Waals surface area (Å²) in [5.74, 6) is -0.777. The molecule has 1 aliphatic heterocycles. The van der Waals surface area contributed by atoms with E-state index in [1.807, 2.05) is 0 Å². The number of carbonyl (C=O) groups excluding carboxylic acids is 1. The van der Waals surface area contributed by atoms with E-state index in [2.05, 4.69) is 15.3 Å². The SMILES string of the molecule is CC(C)(C)OC(=O)N1C[C@H](Nc2cc(F)cc(-c3cnc4ccc(C(C)(O)C(F)(F)F)cn34)n2)[C@@H](F)C1. The number of aromatic nitrogens is 3. The Kier molecular flexibility index (Phi) is 6.55. The molecule has 1 fully saturated rings. The summed E-state index contributed by atoms with van der Waals surface area (Å²) < 4.78 is 75.8. The van der Waals surface area contributed by atoms with Crippen molar-refractivity contribution in [2.75, 3.05) is 18.4 Å². The van der Waals surface area contributed by atoms with Gasteiger partial charge in [-0.3, -0.25) is 4.40 Å². The number of anilines is 1. The number of aliphatic hydroxyl groups is 1. The van der Waals surface area contributed by atoms with Gasteiger partial charge in [0.05, 0.1) is 30.2 Å². The Morgan fingerprint density at radius 1 is 1.16 bits per heavy atom. The van der Waals surface area contributed by atoms with Gasteiger partial charge in [-0.25, -0.2) is 23.5 Å². The topological polar surface area (TPSA) is 92.0 Å². The van der Waals surface area contributed by atoms with Gasteiger partial charge in [0.1, 0.15) is 29.1 Å². The van der Waals surface area contributed by atoms with E-state index in [4.69, 9.17) is 4.74 Å². The first kappa shape index (κ1) is 26.6. The van der Waals surface area contributed by atoms with Crippen LogP contribution in [0.3, 0.4) is 0 Å². The van der Waals surface area contributed by atoms with Crippen LogP contribution in [0.4, 0.5) is 32.6 Å². The molecule has 1 unspecified atom stereocenters. The molecule has 37 heavy (non-hydrogen) atoms. The van der Waals surface area contributed by atoms with E-state index < -0.39 is 47.1 Å². The van der Waals surface area contributed by atoms with E-state index in [1.54, 1.807) is 20.8 Å². The van der Waals surface area contributed by atoms with E-state index in [-0.39, 0.29) is 35.9 Å². The Labute approximate surface area is 209 Å². The van der Waals surface area contributed by atoms with E-state index in [0.29, 0.717) is 6.92 Å². The fourth-order valence-corrected chi connectivity index (χ4v) is 3.89. The molecule has 1 amide bonds. The second kappa shape index (κ2) is 9.12. The fraction of sp³-hybridized carbons (Fsp3) is 0.458. The third-order valence-electron chi connectivity index (χ3n) is 5.91. The van der Waals surface area contributed by atoms with Crippen molar-refractivity contribution in [2.24, 2.45) is 0 Å². The molecule has 3 aromatic rings. The lowest BCUT2D eigenvalue weighted by atomic mass is 9.97. The molecule has 0 aliphatic carbocycles. The Hall–Kier alpha value is -3.48. The van der Waals surface area contributed by atoms with Crippen molar-refractivity contribution in [3.05, 3.63) is 48.0 Å². The standard InChI is InChI=1S/C24H26F5N5O3/c1-22(2,3)37-21(35)33-11-15(26)17(12-33)32-19-8-14(25)7-16(31-19)18-9-30-20-6-5-13(10-34(18)20)23(4,36)24(27,28)29/h5-10,15,17,36H,11-12H2,1-4H3,(H,31,32)/t15-,17-,23?/m0/s1. The Balaban J connectivity index is 1.61. The molecule has 0 saturated carbocycles. The van der Waals surface area contributed by atoms with Gasteiger partial charge in [-0.1, -0.05) is 6.07 Å². The number of hydrogen-bond donors (Lipinski definition) is 2. The number of likely N-dealkylation sites (tertiary alicyclic amines) is 1. The number of fused-ring (bicyclic) bond motifs is 1. The predicted octanol–water partition coefficient (Wildman–Crippen LogP) is 4.67. The predicted molar refractivity (Wildman–Crippen MR) is 124 cm³/mol. The van der Waals surface area contributed by atoms with Crippen molar-refractivity contribution in [3.8, 4) is 11.4 Å². The van der Waals surface area contributed by atoms with Crippen LogP contribution in [-0.2, 0) is 10.3 Å². The lowest BCUT2D eigenvalue weighted by molar-refractivity contribution is -0.259. The quantitative estimate of drug-likeness (QED) is 0.479. The molecule has 200 valence electrons. The number of nitrogens with zero attached hydrogens (tertiary/aromatic N) is 4. The number of amides is 1. The first-order valence-corrected chi connectivity index (χ1v) is 11.4. The monoisotopic (exact) mass is 527 g/mol. The number of pyridine rings is 2. The summed E-state index contributed by atoms with van der Waals surface area (Å²) >= 11 is 0. The summed E-state index contributed by atoms with van der Waals surface area (Å²) in [4.78, 5) is 21.9. The van der Waals surface area contributed by atoms with Crippen LogP contribution in [0.15, 0.2) is 36.7 Å². The van der Waals surface area contributed by atoms with Gasteiger partial charge < -0.3 is 20.1 Å². The Bertz CT molecular complexity index is 1320. The molecule has 3 atom stereocenters. The Morgan fingerprint density at radius 3 is 2.51 bits per heavy atom. The molecule has 0 radical (unpaired) electrons. The number of nitrogens with one attached hydrogen (secondary N) is 1.